The molecule has 1 unspecified atom stereocenters. The molecule has 1 atom stereocenters. The molecular formula is C17H24N2O3. The van der Waals surface area contributed by atoms with Crippen molar-refractivity contribution < 1.29 is 9.59 Å². The maximum atomic E-state index is 12.6. The van der Waals surface area contributed by atoms with Crippen LogP contribution < -0.4 is 5.56 Å². The SMILES string of the molecule is CC(=O)c1cc(C(=O)N2CCC(CC(C)C)C2)c(=O)[nH]c1C. The van der Waals surface area contributed by atoms with Crippen LogP contribution in [0.3, 0.4) is 0 Å². The van der Waals surface area contributed by atoms with Gasteiger partial charge in [0, 0.05) is 24.3 Å². The van der Waals surface area contributed by atoms with Gasteiger partial charge in [-0.05, 0) is 44.6 Å². The van der Waals surface area contributed by atoms with E-state index in [4.69, 9.17) is 0 Å². The second-order valence-electron chi connectivity index (χ2n) is 6.64. The molecule has 1 aliphatic rings. The number of carbonyl (C=O) groups is 2. The number of H-pyrrole nitrogens is 1. The van der Waals surface area contributed by atoms with Gasteiger partial charge in [-0.3, -0.25) is 14.4 Å². The number of Topliss-reactive ketones (excluding diaryl/α,β-unsaturated/α-hetero) is 1. The van der Waals surface area contributed by atoms with Crippen LogP contribution in [-0.2, 0) is 0 Å². The van der Waals surface area contributed by atoms with Crippen molar-refractivity contribution >= 4 is 11.7 Å². The van der Waals surface area contributed by atoms with E-state index >= 15 is 0 Å². The average molecular weight is 304 g/mol. The molecule has 22 heavy (non-hydrogen) atoms. The molecule has 1 amide bonds. The number of aromatic amines is 1. The van der Waals surface area contributed by atoms with Crippen LogP contribution in [0.4, 0.5) is 0 Å². The van der Waals surface area contributed by atoms with Crippen molar-refractivity contribution in [2.45, 2.75) is 40.5 Å². The van der Waals surface area contributed by atoms with Gasteiger partial charge in [-0.25, -0.2) is 0 Å². The topological polar surface area (TPSA) is 70.2 Å². The molecule has 5 heteroatoms. The molecular weight excluding hydrogens is 280 g/mol. The zero-order valence-corrected chi connectivity index (χ0v) is 13.7. The number of hydrogen-bond donors (Lipinski definition) is 1. The molecule has 1 aromatic heterocycles. The largest absolute Gasteiger partial charge is 0.338 e. The molecule has 5 nitrogen and oxygen atoms in total. The lowest BCUT2D eigenvalue weighted by atomic mass is 9.97. The number of ketones is 1. The van der Waals surface area contributed by atoms with Gasteiger partial charge in [-0.1, -0.05) is 13.8 Å². The molecule has 2 rings (SSSR count). The minimum atomic E-state index is -0.417. The molecule has 120 valence electrons. The molecule has 0 saturated carbocycles. The molecule has 1 fully saturated rings. The van der Waals surface area contributed by atoms with Gasteiger partial charge in [0.05, 0.1) is 0 Å². The van der Waals surface area contributed by atoms with Crippen molar-refractivity contribution in [3.63, 3.8) is 0 Å². The van der Waals surface area contributed by atoms with E-state index in [1.54, 1.807) is 11.8 Å². The molecule has 1 saturated heterocycles. The van der Waals surface area contributed by atoms with Crippen molar-refractivity contribution in [3.05, 3.63) is 33.2 Å². The fourth-order valence-corrected chi connectivity index (χ4v) is 3.19. The van der Waals surface area contributed by atoms with Crippen LogP contribution in [0.25, 0.3) is 0 Å². The summed E-state index contributed by atoms with van der Waals surface area (Å²) in [7, 11) is 0. The summed E-state index contributed by atoms with van der Waals surface area (Å²) >= 11 is 0. The Morgan fingerprint density at radius 3 is 2.64 bits per heavy atom. The molecule has 0 radical (unpaired) electrons. The van der Waals surface area contributed by atoms with Crippen LogP contribution in [0.1, 0.15) is 60.0 Å². The summed E-state index contributed by atoms with van der Waals surface area (Å²) < 4.78 is 0. The second-order valence-corrected chi connectivity index (χ2v) is 6.64. The van der Waals surface area contributed by atoms with Crippen molar-refractivity contribution in [3.8, 4) is 0 Å². The minimum Gasteiger partial charge on any atom is -0.338 e. The van der Waals surface area contributed by atoms with Crippen LogP contribution in [0.2, 0.25) is 0 Å². The van der Waals surface area contributed by atoms with Gasteiger partial charge in [-0.2, -0.15) is 0 Å². The van der Waals surface area contributed by atoms with E-state index in [0.29, 0.717) is 36.2 Å². The first kappa shape index (κ1) is 16.5. The number of carbonyl (C=O) groups excluding carboxylic acids is 2. The summed E-state index contributed by atoms with van der Waals surface area (Å²) in [6, 6.07) is 1.44. The molecule has 1 aromatic rings. The van der Waals surface area contributed by atoms with E-state index in [9.17, 15) is 14.4 Å². The predicted molar refractivity (Wildman–Crippen MR) is 85.3 cm³/mol. The summed E-state index contributed by atoms with van der Waals surface area (Å²) in [4.78, 5) is 40.6. The second kappa shape index (κ2) is 6.46. The van der Waals surface area contributed by atoms with Crippen LogP contribution in [0, 0.1) is 18.8 Å². The van der Waals surface area contributed by atoms with Crippen LogP contribution in [0.15, 0.2) is 10.9 Å². The number of likely N-dealkylation sites (tertiary alicyclic amines) is 1. The van der Waals surface area contributed by atoms with Gasteiger partial charge in [0.15, 0.2) is 5.78 Å². The van der Waals surface area contributed by atoms with E-state index < -0.39 is 5.56 Å². The highest BCUT2D eigenvalue weighted by Gasteiger charge is 2.29. The van der Waals surface area contributed by atoms with E-state index in [1.165, 1.54) is 13.0 Å². The third kappa shape index (κ3) is 3.46. The van der Waals surface area contributed by atoms with Crippen LogP contribution >= 0.6 is 0 Å². The Labute approximate surface area is 130 Å². The van der Waals surface area contributed by atoms with Gasteiger partial charge in [0.25, 0.3) is 11.5 Å². The highest BCUT2D eigenvalue weighted by molar-refractivity contribution is 6.00. The predicted octanol–water partition coefficient (Wildman–Crippen LogP) is 2.39. The lowest BCUT2D eigenvalue weighted by molar-refractivity contribution is 0.0783. The van der Waals surface area contributed by atoms with Crippen molar-refractivity contribution in [1.82, 2.24) is 9.88 Å². The Bertz CT molecular complexity index is 646. The van der Waals surface area contributed by atoms with Crippen molar-refractivity contribution in [2.24, 2.45) is 11.8 Å². The average Bonchev–Trinajstić information content (AvgIpc) is 2.85. The number of aryl methyl sites for hydroxylation is 1. The standard InChI is InChI=1S/C17H24N2O3/c1-10(2)7-13-5-6-19(9-13)17(22)15-8-14(12(4)20)11(3)18-16(15)21/h8,10,13H,5-7,9H2,1-4H3,(H,18,21). The normalized spacial score (nSPS) is 18.0. The van der Waals surface area contributed by atoms with E-state index in [0.717, 1.165) is 12.8 Å². The molecule has 0 aromatic carbocycles. The van der Waals surface area contributed by atoms with Gasteiger partial charge >= 0.3 is 0 Å². The van der Waals surface area contributed by atoms with Gasteiger partial charge < -0.3 is 9.88 Å². The third-order valence-electron chi connectivity index (χ3n) is 4.23. The fraction of sp³-hybridized carbons (Fsp3) is 0.588. The summed E-state index contributed by atoms with van der Waals surface area (Å²) in [5.74, 6) is 0.685. The Morgan fingerprint density at radius 1 is 1.36 bits per heavy atom. The lowest BCUT2D eigenvalue weighted by Crippen LogP contribution is -2.34. The van der Waals surface area contributed by atoms with E-state index in [1.807, 2.05) is 0 Å². The number of nitrogens with one attached hydrogen (secondary N) is 1. The Kier molecular flexibility index (Phi) is 4.84. The maximum Gasteiger partial charge on any atom is 0.261 e. The van der Waals surface area contributed by atoms with Gasteiger partial charge in [-0.15, -0.1) is 0 Å². The summed E-state index contributed by atoms with van der Waals surface area (Å²) in [6.07, 6.45) is 2.07. The zero-order chi connectivity index (χ0) is 16.4. The number of aromatic nitrogens is 1. The van der Waals surface area contributed by atoms with Crippen LogP contribution in [-0.4, -0.2) is 34.7 Å². The Morgan fingerprint density at radius 2 is 2.05 bits per heavy atom. The first-order valence-electron chi connectivity index (χ1n) is 7.83. The van der Waals surface area contributed by atoms with E-state index in [-0.39, 0.29) is 17.3 Å². The van der Waals surface area contributed by atoms with Gasteiger partial charge in [0.1, 0.15) is 5.56 Å². The summed E-state index contributed by atoms with van der Waals surface area (Å²) in [5, 5.41) is 0. The van der Waals surface area contributed by atoms with E-state index in [2.05, 4.69) is 18.8 Å². The lowest BCUT2D eigenvalue weighted by Gasteiger charge is -2.17. The fourth-order valence-electron chi connectivity index (χ4n) is 3.19. The first-order valence-corrected chi connectivity index (χ1v) is 7.83. The number of nitrogens with zero attached hydrogens (tertiary/aromatic N) is 1. The van der Waals surface area contributed by atoms with Crippen molar-refractivity contribution in [2.75, 3.05) is 13.1 Å². The summed E-state index contributed by atoms with van der Waals surface area (Å²) in [6.45, 7) is 8.83. The molecule has 1 N–H and O–H groups in total. The zero-order valence-electron chi connectivity index (χ0n) is 13.7. The number of hydrogen-bond acceptors (Lipinski definition) is 3. The molecule has 0 aliphatic carbocycles. The van der Waals surface area contributed by atoms with Crippen LogP contribution in [0.5, 0.6) is 0 Å². The Hall–Kier alpha value is -1.91. The molecule has 0 spiro atoms. The number of amides is 1. The molecule has 2 heterocycles. The quantitative estimate of drug-likeness (QED) is 0.868. The minimum absolute atomic E-state index is 0.0704. The highest BCUT2D eigenvalue weighted by atomic mass is 16.2. The smallest absolute Gasteiger partial charge is 0.261 e. The monoisotopic (exact) mass is 304 g/mol. The highest BCUT2D eigenvalue weighted by Crippen LogP contribution is 2.24. The Balaban J connectivity index is 2.22. The third-order valence-corrected chi connectivity index (χ3v) is 4.23. The number of pyridine rings is 1. The van der Waals surface area contributed by atoms with Crippen molar-refractivity contribution in [1.29, 1.82) is 0 Å². The molecule has 1 aliphatic heterocycles. The van der Waals surface area contributed by atoms with Gasteiger partial charge in [0.2, 0.25) is 0 Å². The summed E-state index contributed by atoms with van der Waals surface area (Å²) in [5.41, 5.74) is 0.565. The first-order chi connectivity index (χ1) is 10.3. The number of rotatable bonds is 4. The molecule has 0 bridgehead atoms. The maximum absolute atomic E-state index is 12.6.